The minimum Gasteiger partial charge on any atom is -0.288 e. The fourth-order valence-electron chi connectivity index (χ4n) is 3.69. The van der Waals surface area contributed by atoms with Crippen LogP contribution in [0, 0.1) is 6.92 Å². The molecule has 1 aromatic heterocycles. The number of thioether (sulfide) groups is 1. The number of thiocarbonyl (C=S) groups is 1. The fraction of sp³-hybridized carbons (Fsp3) is 0.0741. The average Bonchev–Trinajstić information content (AvgIpc) is 3.38. The van der Waals surface area contributed by atoms with E-state index in [0.717, 1.165) is 28.1 Å². The molecule has 4 nitrogen and oxygen atoms in total. The molecule has 168 valence electrons. The number of hydrogen-bond donors (Lipinski definition) is 0. The Labute approximate surface area is 212 Å². The summed E-state index contributed by atoms with van der Waals surface area (Å²) in [7, 11) is 0. The average molecular weight is 502 g/mol. The molecule has 34 heavy (non-hydrogen) atoms. The first-order valence-corrected chi connectivity index (χ1v) is 12.3. The van der Waals surface area contributed by atoms with Gasteiger partial charge in [-0.15, -0.1) is 0 Å². The summed E-state index contributed by atoms with van der Waals surface area (Å²) in [5, 5.41) is 5.48. The van der Waals surface area contributed by atoms with Gasteiger partial charge >= 0.3 is 0 Å². The molecule has 0 bridgehead atoms. The fourth-order valence-corrected chi connectivity index (χ4v) is 5.06. The highest BCUT2D eigenvalue weighted by atomic mass is 35.5. The Hall–Kier alpha value is -3.19. The molecule has 1 fully saturated rings. The molecule has 0 radical (unpaired) electrons. The normalized spacial score (nSPS) is 14.9. The molecule has 1 saturated heterocycles. The van der Waals surface area contributed by atoms with Gasteiger partial charge in [0, 0.05) is 22.3 Å². The summed E-state index contributed by atoms with van der Waals surface area (Å²) in [5.74, 6) is -0.0925. The highest BCUT2D eigenvalue weighted by Gasteiger charge is 2.32. The van der Waals surface area contributed by atoms with Crippen molar-refractivity contribution in [1.82, 2.24) is 14.7 Å². The van der Waals surface area contributed by atoms with E-state index < -0.39 is 0 Å². The van der Waals surface area contributed by atoms with Crippen molar-refractivity contribution in [3.63, 3.8) is 0 Å². The molecule has 0 aliphatic carbocycles. The van der Waals surface area contributed by atoms with Crippen LogP contribution in [0.15, 0.2) is 90.0 Å². The van der Waals surface area contributed by atoms with Gasteiger partial charge in [0.25, 0.3) is 5.91 Å². The number of carbonyl (C=O) groups is 1. The number of aromatic nitrogens is 2. The predicted molar refractivity (Wildman–Crippen MR) is 144 cm³/mol. The van der Waals surface area contributed by atoms with Crippen LogP contribution >= 0.6 is 35.6 Å². The van der Waals surface area contributed by atoms with Crippen LogP contribution in [0.3, 0.4) is 0 Å². The summed E-state index contributed by atoms with van der Waals surface area (Å²) >= 11 is 13.0. The standard InChI is InChI=1S/C27H20ClN3OS2/c1-18-7-9-19(10-8-18)16-30-26(32)24(34-27(30)33)15-21-17-31(23-5-3-2-4-6-23)29-25(21)20-11-13-22(28)14-12-20/h2-15,17H,16H2,1H3. The van der Waals surface area contributed by atoms with E-state index in [4.69, 9.17) is 28.9 Å². The van der Waals surface area contributed by atoms with Gasteiger partial charge in [0.15, 0.2) is 0 Å². The van der Waals surface area contributed by atoms with Crippen LogP contribution < -0.4 is 0 Å². The second kappa shape index (κ2) is 9.58. The maximum absolute atomic E-state index is 13.3. The van der Waals surface area contributed by atoms with Crippen LogP contribution in [0.25, 0.3) is 23.0 Å². The number of hydrogen-bond acceptors (Lipinski definition) is 4. The molecule has 1 aliphatic rings. The van der Waals surface area contributed by atoms with Crippen LogP contribution in [0.5, 0.6) is 0 Å². The number of benzene rings is 3. The summed E-state index contributed by atoms with van der Waals surface area (Å²) < 4.78 is 2.38. The number of nitrogens with zero attached hydrogens (tertiary/aromatic N) is 3. The summed E-state index contributed by atoms with van der Waals surface area (Å²) in [5.41, 5.74) is 5.68. The van der Waals surface area contributed by atoms with E-state index in [1.807, 2.05) is 103 Å². The zero-order chi connectivity index (χ0) is 23.7. The molecule has 0 spiro atoms. The number of amides is 1. The van der Waals surface area contributed by atoms with E-state index in [9.17, 15) is 4.79 Å². The van der Waals surface area contributed by atoms with Crippen molar-refractivity contribution in [2.45, 2.75) is 13.5 Å². The van der Waals surface area contributed by atoms with Crippen LogP contribution in [0.1, 0.15) is 16.7 Å². The van der Waals surface area contributed by atoms with Crippen molar-refractivity contribution in [3.05, 3.63) is 112 Å². The number of carbonyl (C=O) groups excluding carboxylic acids is 1. The Morgan fingerprint density at radius 3 is 2.41 bits per heavy atom. The van der Waals surface area contributed by atoms with E-state index in [1.165, 1.54) is 17.3 Å². The van der Waals surface area contributed by atoms with Crippen LogP contribution in [0.4, 0.5) is 0 Å². The molecule has 0 atom stereocenters. The molecule has 0 saturated carbocycles. The maximum atomic E-state index is 13.3. The molecule has 4 aromatic rings. The van der Waals surface area contributed by atoms with E-state index in [1.54, 1.807) is 4.90 Å². The number of rotatable bonds is 5. The molecule has 7 heteroatoms. The molecule has 0 unspecified atom stereocenters. The second-order valence-corrected chi connectivity index (χ2v) is 10.1. The lowest BCUT2D eigenvalue weighted by Crippen LogP contribution is -2.27. The van der Waals surface area contributed by atoms with Gasteiger partial charge in [0.2, 0.25) is 0 Å². The molecule has 2 heterocycles. The molecule has 0 N–H and O–H groups in total. The Bertz CT molecular complexity index is 1390. The van der Waals surface area contributed by atoms with Crippen molar-refractivity contribution in [2.24, 2.45) is 0 Å². The van der Waals surface area contributed by atoms with Crippen LogP contribution in [-0.2, 0) is 11.3 Å². The van der Waals surface area contributed by atoms with Crippen molar-refractivity contribution >= 4 is 51.9 Å². The van der Waals surface area contributed by atoms with E-state index in [2.05, 4.69) is 0 Å². The molecule has 1 amide bonds. The molecule has 5 rings (SSSR count). The lowest BCUT2D eigenvalue weighted by Gasteiger charge is -2.14. The highest BCUT2D eigenvalue weighted by Crippen LogP contribution is 2.36. The minimum atomic E-state index is -0.0925. The van der Waals surface area contributed by atoms with Crippen LogP contribution in [-0.4, -0.2) is 24.9 Å². The van der Waals surface area contributed by atoms with Gasteiger partial charge in [0.05, 0.1) is 22.8 Å². The Balaban J connectivity index is 1.51. The van der Waals surface area contributed by atoms with Crippen LogP contribution in [0.2, 0.25) is 5.02 Å². The van der Waals surface area contributed by atoms with Crippen molar-refractivity contribution in [2.75, 3.05) is 0 Å². The number of aryl methyl sites for hydroxylation is 1. The van der Waals surface area contributed by atoms with E-state index >= 15 is 0 Å². The third kappa shape index (κ3) is 4.71. The Morgan fingerprint density at radius 2 is 1.71 bits per heavy atom. The zero-order valence-corrected chi connectivity index (χ0v) is 20.7. The smallest absolute Gasteiger partial charge is 0.266 e. The Morgan fingerprint density at radius 1 is 1.00 bits per heavy atom. The molecular weight excluding hydrogens is 482 g/mol. The molecular formula is C27H20ClN3OS2. The summed E-state index contributed by atoms with van der Waals surface area (Å²) in [4.78, 5) is 15.5. The van der Waals surface area contributed by atoms with Gasteiger partial charge in [-0.05, 0) is 42.8 Å². The predicted octanol–water partition coefficient (Wildman–Crippen LogP) is 6.90. The topological polar surface area (TPSA) is 38.1 Å². The highest BCUT2D eigenvalue weighted by molar-refractivity contribution is 8.26. The van der Waals surface area contributed by atoms with Gasteiger partial charge in [-0.1, -0.05) is 95.7 Å². The largest absolute Gasteiger partial charge is 0.288 e. The van der Waals surface area contributed by atoms with E-state index in [0.29, 0.717) is 20.8 Å². The van der Waals surface area contributed by atoms with Gasteiger partial charge in [0.1, 0.15) is 4.32 Å². The van der Waals surface area contributed by atoms with Gasteiger partial charge < -0.3 is 0 Å². The second-order valence-electron chi connectivity index (χ2n) is 7.97. The minimum absolute atomic E-state index is 0.0925. The SMILES string of the molecule is Cc1ccc(CN2C(=O)C(=Cc3cn(-c4ccccc4)nc3-c3ccc(Cl)cc3)SC2=S)cc1. The molecule has 3 aromatic carbocycles. The Kier molecular flexibility index (Phi) is 6.37. The lowest BCUT2D eigenvalue weighted by atomic mass is 10.1. The lowest BCUT2D eigenvalue weighted by molar-refractivity contribution is -0.122. The first-order valence-electron chi connectivity index (χ1n) is 10.7. The first-order chi connectivity index (χ1) is 16.5. The quantitative estimate of drug-likeness (QED) is 0.220. The summed E-state index contributed by atoms with van der Waals surface area (Å²) in [6.07, 6.45) is 3.82. The maximum Gasteiger partial charge on any atom is 0.266 e. The number of halogens is 1. The van der Waals surface area contributed by atoms with Gasteiger partial charge in [-0.2, -0.15) is 5.10 Å². The monoisotopic (exact) mass is 501 g/mol. The number of para-hydroxylation sites is 1. The molecule has 1 aliphatic heterocycles. The van der Waals surface area contributed by atoms with E-state index in [-0.39, 0.29) is 5.91 Å². The van der Waals surface area contributed by atoms with Crippen molar-refractivity contribution in [1.29, 1.82) is 0 Å². The van der Waals surface area contributed by atoms with Crippen molar-refractivity contribution in [3.8, 4) is 16.9 Å². The summed E-state index contributed by atoms with van der Waals surface area (Å²) in [6, 6.07) is 25.6. The van der Waals surface area contributed by atoms with Crippen molar-refractivity contribution < 1.29 is 4.79 Å². The zero-order valence-electron chi connectivity index (χ0n) is 18.3. The van der Waals surface area contributed by atoms with Gasteiger partial charge in [-0.3, -0.25) is 9.69 Å². The first kappa shape index (κ1) is 22.6. The van der Waals surface area contributed by atoms with Gasteiger partial charge in [-0.25, -0.2) is 4.68 Å². The summed E-state index contributed by atoms with van der Waals surface area (Å²) in [6.45, 7) is 2.50. The third-order valence-electron chi connectivity index (χ3n) is 5.50. The third-order valence-corrected chi connectivity index (χ3v) is 7.13.